The van der Waals surface area contributed by atoms with E-state index in [9.17, 15) is 9.18 Å². The largest absolute Gasteiger partial charge is 0.347 e. The first-order valence-corrected chi connectivity index (χ1v) is 7.08. The molecule has 2 rings (SSSR count). The van der Waals surface area contributed by atoms with Crippen molar-refractivity contribution in [1.82, 2.24) is 5.32 Å². The highest BCUT2D eigenvalue weighted by atomic mass is 19.1. The number of halogens is 1. The summed E-state index contributed by atoms with van der Waals surface area (Å²) in [6.07, 6.45) is 5.38. The highest BCUT2D eigenvalue weighted by molar-refractivity contribution is 5.79. The van der Waals surface area contributed by atoms with E-state index in [0.717, 1.165) is 25.7 Å². The van der Waals surface area contributed by atoms with Crippen LogP contribution in [-0.4, -0.2) is 5.91 Å². The topological polar surface area (TPSA) is 29.1 Å². The van der Waals surface area contributed by atoms with Gasteiger partial charge in [-0.3, -0.25) is 4.79 Å². The molecule has 0 radical (unpaired) electrons. The molecule has 3 heteroatoms. The molecule has 0 aromatic heterocycles. The first-order chi connectivity index (χ1) is 9.00. The number of nitrogens with one attached hydrogen (secondary N) is 1. The van der Waals surface area contributed by atoms with Gasteiger partial charge in [0.15, 0.2) is 0 Å². The summed E-state index contributed by atoms with van der Waals surface area (Å²) in [6.45, 7) is 3.71. The summed E-state index contributed by atoms with van der Waals surface area (Å²) in [6, 6.07) is 6.63. The van der Waals surface area contributed by atoms with Crippen molar-refractivity contribution in [2.24, 2.45) is 5.92 Å². The molecule has 1 fully saturated rings. The molecule has 1 aliphatic rings. The van der Waals surface area contributed by atoms with E-state index < -0.39 is 5.54 Å². The molecule has 1 saturated carbocycles. The van der Waals surface area contributed by atoms with Gasteiger partial charge in [0.1, 0.15) is 5.82 Å². The Kier molecular flexibility index (Phi) is 4.23. The summed E-state index contributed by atoms with van der Waals surface area (Å²) >= 11 is 0. The molecule has 2 nitrogen and oxygen atoms in total. The zero-order chi connectivity index (χ0) is 13.9. The second kappa shape index (κ2) is 5.72. The highest BCUT2D eigenvalue weighted by Crippen LogP contribution is 2.27. The van der Waals surface area contributed by atoms with Gasteiger partial charge in [0.05, 0.1) is 5.54 Å². The Hall–Kier alpha value is -1.38. The van der Waals surface area contributed by atoms with Crippen LogP contribution in [0, 0.1) is 11.7 Å². The molecule has 0 saturated heterocycles. The van der Waals surface area contributed by atoms with E-state index >= 15 is 0 Å². The minimum Gasteiger partial charge on any atom is -0.347 e. The molecular weight excluding hydrogens is 241 g/mol. The SMILES string of the molecule is CC(C)(NC(=O)C1CCCCC1)c1ccccc1F. The summed E-state index contributed by atoms with van der Waals surface area (Å²) in [5.41, 5.74) is -0.126. The third kappa shape index (κ3) is 3.34. The van der Waals surface area contributed by atoms with Gasteiger partial charge in [-0.1, -0.05) is 37.5 Å². The Morgan fingerprint density at radius 1 is 1.21 bits per heavy atom. The van der Waals surface area contributed by atoms with Gasteiger partial charge in [0.2, 0.25) is 5.91 Å². The monoisotopic (exact) mass is 263 g/mol. The van der Waals surface area contributed by atoms with E-state index in [0.29, 0.717) is 5.56 Å². The van der Waals surface area contributed by atoms with Gasteiger partial charge in [-0.15, -0.1) is 0 Å². The van der Waals surface area contributed by atoms with Crippen LogP contribution in [-0.2, 0) is 10.3 Å². The lowest BCUT2D eigenvalue weighted by Crippen LogP contribution is -2.44. The van der Waals surface area contributed by atoms with Crippen LogP contribution in [0.3, 0.4) is 0 Å². The number of carbonyl (C=O) groups is 1. The number of rotatable bonds is 3. The van der Waals surface area contributed by atoms with E-state index in [2.05, 4.69) is 5.32 Å². The van der Waals surface area contributed by atoms with Crippen molar-refractivity contribution < 1.29 is 9.18 Å². The van der Waals surface area contributed by atoms with Crippen molar-refractivity contribution in [1.29, 1.82) is 0 Å². The Balaban J connectivity index is 2.08. The standard InChI is InChI=1S/C16H22FNO/c1-16(2,13-10-6-7-11-14(13)17)18-15(19)12-8-4-3-5-9-12/h6-7,10-12H,3-5,8-9H2,1-2H3,(H,18,19). The van der Waals surface area contributed by atoms with Crippen LogP contribution in [0.25, 0.3) is 0 Å². The second-order valence-corrected chi connectivity index (χ2v) is 5.93. The van der Waals surface area contributed by atoms with Crippen LogP contribution in [0.15, 0.2) is 24.3 Å². The van der Waals surface area contributed by atoms with Gasteiger partial charge in [0, 0.05) is 11.5 Å². The lowest BCUT2D eigenvalue weighted by molar-refractivity contribution is -0.127. The number of carbonyl (C=O) groups excluding carboxylic acids is 1. The van der Waals surface area contributed by atoms with Crippen LogP contribution in [0.2, 0.25) is 0 Å². The summed E-state index contributed by atoms with van der Waals surface area (Å²) in [5.74, 6) is -0.107. The maximum absolute atomic E-state index is 13.8. The molecular formula is C16H22FNO. The average molecular weight is 263 g/mol. The Morgan fingerprint density at radius 3 is 2.47 bits per heavy atom. The summed E-state index contributed by atoms with van der Waals surface area (Å²) < 4.78 is 13.8. The Labute approximate surface area is 114 Å². The van der Waals surface area contributed by atoms with Crippen molar-refractivity contribution in [2.75, 3.05) is 0 Å². The molecule has 0 heterocycles. The molecule has 104 valence electrons. The fourth-order valence-electron chi connectivity index (χ4n) is 2.81. The van der Waals surface area contributed by atoms with Crippen LogP contribution in [0.4, 0.5) is 4.39 Å². The zero-order valence-corrected chi connectivity index (χ0v) is 11.7. The van der Waals surface area contributed by atoms with Gasteiger partial charge in [0.25, 0.3) is 0 Å². The summed E-state index contributed by atoms with van der Waals surface area (Å²) in [5, 5.41) is 3.00. The summed E-state index contributed by atoms with van der Waals surface area (Å²) in [4.78, 5) is 12.3. The summed E-state index contributed by atoms with van der Waals surface area (Å²) in [7, 11) is 0. The van der Waals surface area contributed by atoms with Gasteiger partial charge >= 0.3 is 0 Å². The van der Waals surface area contributed by atoms with Crippen LogP contribution in [0.1, 0.15) is 51.5 Å². The lowest BCUT2D eigenvalue weighted by Gasteiger charge is -2.30. The van der Waals surface area contributed by atoms with Crippen molar-refractivity contribution in [3.8, 4) is 0 Å². The first kappa shape index (κ1) is 14.0. The molecule has 1 aliphatic carbocycles. The molecule has 1 amide bonds. The van der Waals surface area contributed by atoms with E-state index in [-0.39, 0.29) is 17.6 Å². The van der Waals surface area contributed by atoms with E-state index in [4.69, 9.17) is 0 Å². The van der Waals surface area contributed by atoms with Crippen molar-refractivity contribution >= 4 is 5.91 Å². The molecule has 1 aromatic rings. The maximum atomic E-state index is 13.8. The quantitative estimate of drug-likeness (QED) is 0.884. The van der Waals surface area contributed by atoms with E-state index in [1.807, 2.05) is 13.8 Å². The Bertz CT molecular complexity index is 450. The van der Waals surface area contributed by atoms with Gasteiger partial charge in [-0.05, 0) is 32.8 Å². The van der Waals surface area contributed by atoms with Crippen LogP contribution < -0.4 is 5.32 Å². The molecule has 0 bridgehead atoms. The predicted octanol–water partition coefficient (Wildman–Crippen LogP) is 3.76. The number of amides is 1. The van der Waals surface area contributed by atoms with Crippen molar-refractivity contribution in [2.45, 2.75) is 51.5 Å². The smallest absolute Gasteiger partial charge is 0.223 e. The lowest BCUT2D eigenvalue weighted by atomic mass is 9.87. The number of hydrogen-bond donors (Lipinski definition) is 1. The number of benzene rings is 1. The average Bonchev–Trinajstić information content (AvgIpc) is 2.39. The van der Waals surface area contributed by atoms with E-state index in [1.165, 1.54) is 12.5 Å². The molecule has 1 aromatic carbocycles. The molecule has 0 aliphatic heterocycles. The molecule has 0 unspecified atom stereocenters. The van der Waals surface area contributed by atoms with Crippen LogP contribution in [0.5, 0.6) is 0 Å². The molecule has 1 N–H and O–H groups in total. The fraction of sp³-hybridized carbons (Fsp3) is 0.562. The molecule has 0 spiro atoms. The van der Waals surface area contributed by atoms with Crippen LogP contribution >= 0.6 is 0 Å². The third-order valence-corrected chi connectivity index (χ3v) is 3.96. The van der Waals surface area contributed by atoms with Crippen molar-refractivity contribution in [3.05, 3.63) is 35.6 Å². The second-order valence-electron chi connectivity index (χ2n) is 5.93. The zero-order valence-electron chi connectivity index (χ0n) is 11.7. The van der Waals surface area contributed by atoms with Gasteiger partial charge < -0.3 is 5.32 Å². The van der Waals surface area contributed by atoms with Gasteiger partial charge in [-0.25, -0.2) is 4.39 Å². The minimum absolute atomic E-state index is 0.0629. The molecule has 0 atom stereocenters. The van der Waals surface area contributed by atoms with E-state index in [1.54, 1.807) is 18.2 Å². The minimum atomic E-state index is -0.667. The normalized spacial score (nSPS) is 17.2. The molecule has 19 heavy (non-hydrogen) atoms. The fourth-order valence-corrected chi connectivity index (χ4v) is 2.81. The van der Waals surface area contributed by atoms with Crippen molar-refractivity contribution in [3.63, 3.8) is 0 Å². The Morgan fingerprint density at radius 2 is 1.84 bits per heavy atom. The number of hydrogen-bond acceptors (Lipinski definition) is 1. The predicted molar refractivity (Wildman–Crippen MR) is 74.1 cm³/mol. The third-order valence-electron chi connectivity index (χ3n) is 3.96. The first-order valence-electron chi connectivity index (χ1n) is 7.08. The highest BCUT2D eigenvalue weighted by Gasteiger charge is 2.29. The van der Waals surface area contributed by atoms with Gasteiger partial charge in [-0.2, -0.15) is 0 Å². The maximum Gasteiger partial charge on any atom is 0.223 e.